The quantitative estimate of drug-likeness (QED) is 0.862. The Hall–Kier alpha value is -2.21. The number of carbonyl (C=O) groups is 1. The predicted octanol–water partition coefficient (Wildman–Crippen LogP) is 2.43. The maximum atomic E-state index is 12.7. The van der Waals surface area contributed by atoms with Gasteiger partial charge in [-0.25, -0.2) is 4.98 Å². The lowest BCUT2D eigenvalue weighted by Gasteiger charge is -2.27. The molecule has 2 aromatic rings. The van der Waals surface area contributed by atoms with E-state index in [4.69, 9.17) is 0 Å². The van der Waals surface area contributed by atoms with Crippen LogP contribution in [0.4, 0.5) is 0 Å². The van der Waals surface area contributed by atoms with Crippen LogP contribution in [-0.2, 0) is 11.2 Å². The SMILES string of the molecule is CN(C)C1C[C@@H]2CC(N(C)C(=O)CCc3nc4ccccc4[nH]c3=O)C[C@@H]2C1. The number of aromatic amines is 1. The third kappa shape index (κ3) is 3.70. The number of aryl methyl sites for hydroxylation is 1. The van der Waals surface area contributed by atoms with E-state index in [-0.39, 0.29) is 11.5 Å². The molecule has 2 aliphatic carbocycles. The van der Waals surface area contributed by atoms with E-state index in [1.165, 1.54) is 12.8 Å². The van der Waals surface area contributed by atoms with Gasteiger partial charge in [-0.3, -0.25) is 9.59 Å². The summed E-state index contributed by atoms with van der Waals surface area (Å²) < 4.78 is 0. The van der Waals surface area contributed by atoms with Crippen LogP contribution < -0.4 is 5.56 Å². The van der Waals surface area contributed by atoms with Crippen LogP contribution >= 0.6 is 0 Å². The Morgan fingerprint density at radius 2 is 1.71 bits per heavy atom. The first-order valence-electron chi connectivity index (χ1n) is 10.3. The number of H-pyrrole nitrogens is 1. The van der Waals surface area contributed by atoms with E-state index >= 15 is 0 Å². The number of fused-ring (bicyclic) bond motifs is 2. The van der Waals surface area contributed by atoms with Crippen molar-refractivity contribution in [3.63, 3.8) is 0 Å². The second kappa shape index (κ2) is 7.66. The molecule has 0 spiro atoms. The Bertz CT molecular complexity index is 908. The van der Waals surface area contributed by atoms with Crippen molar-refractivity contribution >= 4 is 16.9 Å². The molecule has 2 saturated carbocycles. The number of benzene rings is 1. The fraction of sp³-hybridized carbons (Fsp3) is 0.591. The summed E-state index contributed by atoms with van der Waals surface area (Å²) in [5.74, 6) is 1.61. The highest BCUT2D eigenvalue weighted by atomic mass is 16.2. The molecule has 0 radical (unpaired) electrons. The van der Waals surface area contributed by atoms with Crippen molar-refractivity contribution in [2.45, 2.75) is 50.6 Å². The fourth-order valence-corrected chi connectivity index (χ4v) is 5.13. The summed E-state index contributed by atoms with van der Waals surface area (Å²) in [6.07, 6.45) is 5.46. The van der Waals surface area contributed by atoms with Crippen LogP contribution in [0.2, 0.25) is 0 Å². The fourth-order valence-electron chi connectivity index (χ4n) is 5.13. The summed E-state index contributed by atoms with van der Waals surface area (Å²) in [4.78, 5) is 36.6. The van der Waals surface area contributed by atoms with Crippen LogP contribution in [0, 0.1) is 11.8 Å². The van der Waals surface area contributed by atoms with Crippen LogP contribution in [0.5, 0.6) is 0 Å². The van der Waals surface area contributed by atoms with Gasteiger partial charge in [0.15, 0.2) is 0 Å². The Morgan fingerprint density at radius 1 is 1.07 bits per heavy atom. The summed E-state index contributed by atoms with van der Waals surface area (Å²) in [6.45, 7) is 0. The Morgan fingerprint density at radius 3 is 2.39 bits per heavy atom. The van der Waals surface area contributed by atoms with Crippen molar-refractivity contribution in [3.8, 4) is 0 Å². The number of amides is 1. The van der Waals surface area contributed by atoms with Gasteiger partial charge in [-0.15, -0.1) is 0 Å². The molecule has 150 valence electrons. The van der Waals surface area contributed by atoms with Gasteiger partial charge in [0.05, 0.1) is 11.0 Å². The first kappa shape index (κ1) is 19.1. The van der Waals surface area contributed by atoms with Gasteiger partial charge in [-0.1, -0.05) is 12.1 Å². The first-order chi connectivity index (χ1) is 13.4. The van der Waals surface area contributed by atoms with E-state index in [2.05, 4.69) is 29.0 Å². The summed E-state index contributed by atoms with van der Waals surface area (Å²) in [7, 11) is 6.26. The first-order valence-corrected chi connectivity index (χ1v) is 10.3. The van der Waals surface area contributed by atoms with Crippen molar-refractivity contribution in [2.75, 3.05) is 21.1 Å². The molecule has 28 heavy (non-hydrogen) atoms. The van der Waals surface area contributed by atoms with Gasteiger partial charge < -0.3 is 14.8 Å². The predicted molar refractivity (Wildman–Crippen MR) is 110 cm³/mol. The molecule has 2 aliphatic rings. The highest BCUT2D eigenvalue weighted by molar-refractivity contribution is 5.77. The second-order valence-corrected chi connectivity index (χ2v) is 8.77. The second-order valence-electron chi connectivity index (χ2n) is 8.77. The molecule has 0 saturated heterocycles. The molecule has 4 rings (SSSR count). The molecule has 4 atom stereocenters. The molecule has 1 aromatic carbocycles. The molecule has 1 amide bonds. The molecule has 1 N–H and O–H groups in total. The molecular formula is C22H30N4O2. The molecule has 0 bridgehead atoms. The highest BCUT2D eigenvalue weighted by Gasteiger charge is 2.43. The summed E-state index contributed by atoms with van der Waals surface area (Å²) in [6, 6.07) is 8.52. The Balaban J connectivity index is 1.35. The monoisotopic (exact) mass is 382 g/mol. The zero-order valence-electron chi connectivity index (χ0n) is 17.0. The van der Waals surface area contributed by atoms with Gasteiger partial charge in [0.1, 0.15) is 5.69 Å². The molecule has 6 heteroatoms. The van der Waals surface area contributed by atoms with Crippen LogP contribution in [0.25, 0.3) is 11.0 Å². The average molecular weight is 383 g/mol. The molecular weight excluding hydrogens is 352 g/mol. The number of rotatable bonds is 5. The normalized spacial score (nSPS) is 26.7. The van der Waals surface area contributed by atoms with E-state index in [1.54, 1.807) is 0 Å². The number of aromatic nitrogens is 2. The standard InChI is InChI=1S/C22H30N4O2/c1-25(2)16-10-14-12-17(13-15(14)11-16)26(3)21(27)9-8-20-22(28)24-19-7-5-4-6-18(19)23-20/h4-7,14-17H,8-13H2,1-3H3,(H,24,28)/t14-,15+,16?,17?. The van der Waals surface area contributed by atoms with Crippen molar-refractivity contribution in [3.05, 3.63) is 40.3 Å². The lowest BCUT2D eigenvalue weighted by atomic mass is 10.0. The number of nitrogens with zero attached hydrogens (tertiary/aromatic N) is 3. The smallest absolute Gasteiger partial charge is 0.270 e. The summed E-state index contributed by atoms with van der Waals surface area (Å²) in [5, 5.41) is 0. The van der Waals surface area contributed by atoms with Gasteiger partial charge in [0.2, 0.25) is 5.91 Å². The lowest BCUT2D eigenvalue weighted by molar-refractivity contribution is -0.131. The number of carbonyl (C=O) groups excluding carboxylic acids is 1. The van der Waals surface area contributed by atoms with Gasteiger partial charge in [-0.2, -0.15) is 0 Å². The van der Waals surface area contributed by atoms with Gasteiger partial charge in [0, 0.05) is 32.0 Å². The van der Waals surface area contributed by atoms with E-state index in [1.807, 2.05) is 36.2 Å². The van der Waals surface area contributed by atoms with Gasteiger partial charge in [0.25, 0.3) is 5.56 Å². The lowest BCUT2D eigenvalue weighted by Crippen LogP contribution is -2.37. The molecule has 2 unspecified atom stereocenters. The molecule has 0 aliphatic heterocycles. The van der Waals surface area contributed by atoms with Crippen molar-refractivity contribution in [2.24, 2.45) is 11.8 Å². The molecule has 2 fully saturated rings. The minimum Gasteiger partial charge on any atom is -0.343 e. The number of para-hydroxylation sites is 2. The number of hydrogen-bond donors (Lipinski definition) is 1. The van der Waals surface area contributed by atoms with Crippen LogP contribution in [0.3, 0.4) is 0 Å². The van der Waals surface area contributed by atoms with E-state index in [0.29, 0.717) is 30.6 Å². The van der Waals surface area contributed by atoms with Crippen molar-refractivity contribution < 1.29 is 4.79 Å². The third-order valence-corrected chi connectivity index (χ3v) is 6.88. The molecule has 1 heterocycles. The van der Waals surface area contributed by atoms with Gasteiger partial charge in [-0.05, 0) is 63.7 Å². The third-order valence-electron chi connectivity index (χ3n) is 6.88. The minimum absolute atomic E-state index is 0.114. The number of hydrogen-bond acceptors (Lipinski definition) is 4. The van der Waals surface area contributed by atoms with E-state index in [9.17, 15) is 9.59 Å². The van der Waals surface area contributed by atoms with E-state index in [0.717, 1.165) is 35.7 Å². The van der Waals surface area contributed by atoms with Gasteiger partial charge >= 0.3 is 0 Å². The Labute approximate surface area is 165 Å². The maximum Gasteiger partial charge on any atom is 0.270 e. The minimum atomic E-state index is -0.195. The van der Waals surface area contributed by atoms with Crippen LogP contribution in [0.1, 0.15) is 37.8 Å². The molecule has 6 nitrogen and oxygen atoms in total. The maximum absolute atomic E-state index is 12.7. The zero-order chi connectivity index (χ0) is 19.8. The van der Waals surface area contributed by atoms with Crippen molar-refractivity contribution in [1.29, 1.82) is 0 Å². The zero-order valence-corrected chi connectivity index (χ0v) is 17.0. The topological polar surface area (TPSA) is 69.3 Å². The van der Waals surface area contributed by atoms with Crippen molar-refractivity contribution in [1.82, 2.24) is 19.8 Å². The number of nitrogens with one attached hydrogen (secondary N) is 1. The largest absolute Gasteiger partial charge is 0.343 e. The van der Waals surface area contributed by atoms with Crippen LogP contribution in [-0.4, -0.2) is 58.9 Å². The average Bonchev–Trinajstić information content (AvgIpc) is 3.24. The van der Waals surface area contributed by atoms with Crippen LogP contribution in [0.15, 0.2) is 29.1 Å². The Kier molecular flexibility index (Phi) is 5.23. The summed E-state index contributed by atoms with van der Waals surface area (Å²) in [5.41, 5.74) is 1.74. The summed E-state index contributed by atoms with van der Waals surface area (Å²) >= 11 is 0. The van der Waals surface area contributed by atoms with E-state index < -0.39 is 0 Å². The molecule has 1 aromatic heterocycles. The highest BCUT2D eigenvalue weighted by Crippen LogP contribution is 2.46.